The molecule has 0 unspecified atom stereocenters. The summed E-state index contributed by atoms with van der Waals surface area (Å²) < 4.78 is 0. The Morgan fingerprint density at radius 1 is 0.875 bits per heavy atom. The third-order valence-electron chi connectivity index (χ3n) is 5.26. The second-order valence-corrected chi connectivity index (χ2v) is 7.06. The SMILES string of the molecule is N#CC1([NH2+][C@@H](Cc2ccccc2)c2ccccc2)CCCCCC1. The molecular weight excluding hydrogens is 292 g/mol. The molecule has 0 saturated heterocycles. The normalized spacial score (nSPS) is 18.3. The first-order chi connectivity index (χ1) is 11.8. The van der Waals surface area contributed by atoms with Crippen LogP contribution in [0.4, 0.5) is 0 Å². The van der Waals surface area contributed by atoms with Gasteiger partial charge >= 0.3 is 0 Å². The molecule has 0 heterocycles. The van der Waals surface area contributed by atoms with Gasteiger partial charge < -0.3 is 5.32 Å². The van der Waals surface area contributed by atoms with Crippen molar-refractivity contribution in [3.8, 4) is 6.07 Å². The molecule has 0 amide bonds. The lowest BCUT2D eigenvalue weighted by Gasteiger charge is -2.29. The molecule has 1 atom stereocenters. The van der Waals surface area contributed by atoms with E-state index in [1.807, 2.05) is 0 Å². The Balaban J connectivity index is 1.85. The summed E-state index contributed by atoms with van der Waals surface area (Å²) in [4.78, 5) is 0. The number of hydrogen-bond acceptors (Lipinski definition) is 1. The van der Waals surface area contributed by atoms with Crippen LogP contribution >= 0.6 is 0 Å². The first-order valence-electron chi connectivity index (χ1n) is 9.17. The van der Waals surface area contributed by atoms with Crippen molar-refractivity contribution < 1.29 is 5.32 Å². The smallest absolute Gasteiger partial charge is 0.183 e. The van der Waals surface area contributed by atoms with Crippen LogP contribution in [0.25, 0.3) is 0 Å². The monoisotopic (exact) mass is 319 g/mol. The van der Waals surface area contributed by atoms with E-state index in [9.17, 15) is 5.26 Å². The van der Waals surface area contributed by atoms with Crippen molar-refractivity contribution in [1.82, 2.24) is 0 Å². The quantitative estimate of drug-likeness (QED) is 0.826. The Kier molecular flexibility index (Phi) is 5.67. The lowest BCUT2D eigenvalue weighted by Crippen LogP contribution is -2.97. The third kappa shape index (κ3) is 4.24. The Bertz CT molecular complexity index is 649. The van der Waals surface area contributed by atoms with Crippen LogP contribution in [0.15, 0.2) is 60.7 Å². The molecule has 0 spiro atoms. The number of nitrogens with zero attached hydrogens (tertiary/aromatic N) is 1. The van der Waals surface area contributed by atoms with Crippen LogP contribution in [0.5, 0.6) is 0 Å². The van der Waals surface area contributed by atoms with Gasteiger partial charge in [0.15, 0.2) is 5.54 Å². The zero-order chi connectivity index (χ0) is 16.7. The van der Waals surface area contributed by atoms with Crippen LogP contribution < -0.4 is 5.32 Å². The highest BCUT2D eigenvalue weighted by atomic mass is 15.0. The van der Waals surface area contributed by atoms with Crippen LogP contribution in [0.2, 0.25) is 0 Å². The van der Waals surface area contributed by atoms with Crippen LogP contribution in [-0.2, 0) is 6.42 Å². The minimum Gasteiger partial charge on any atom is -0.323 e. The molecule has 1 saturated carbocycles. The Labute approximate surface area is 145 Å². The van der Waals surface area contributed by atoms with E-state index in [4.69, 9.17) is 0 Å². The van der Waals surface area contributed by atoms with E-state index in [-0.39, 0.29) is 5.54 Å². The van der Waals surface area contributed by atoms with E-state index >= 15 is 0 Å². The number of quaternary nitrogens is 1. The lowest BCUT2D eigenvalue weighted by atomic mass is 9.88. The first kappa shape index (κ1) is 16.7. The molecular formula is C22H27N2+. The van der Waals surface area contributed by atoms with E-state index in [1.165, 1.54) is 36.8 Å². The number of rotatable bonds is 5. The van der Waals surface area contributed by atoms with Gasteiger partial charge in [-0.15, -0.1) is 0 Å². The summed E-state index contributed by atoms with van der Waals surface area (Å²) in [5, 5.41) is 12.3. The summed E-state index contributed by atoms with van der Waals surface area (Å²) in [6.07, 6.45) is 7.89. The molecule has 0 radical (unpaired) electrons. The molecule has 1 fully saturated rings. The van der Waals surface area contributed by atoms with Gasteiger partial charge in [0, 0.05) is 24.8 Å². The number of nitriles is 1. The highest BCUT2D eigenvalue weighted by Crippen LogP contribution is 2.25. The van der Waals surface area contributed by atoms with Gasteiger partial charge in [-0.25, -0.2) is 0 Å². The van der Waals surface area contributed by atoms with Crippen molar-refractivity contribution in [2.45, 2.75) is 56.5 Å². The molecule has 2 N–H and O–H groups in total. The maximum Gasteiger partial charge on any atom is 0.183 e. The molecule has 1 aliphatic rings. The molecule has 0 aromatic heterocycles. The average Bonchev–Trinajstić information content (AvgIpc) is 2.89. The van der Waals surface area contributed by atoms with Crippen LogP contribution in [0.3, 0.4) is 0 Å². The second-order valence-electron chi connectivity index (χ2n) is 7.06. The van der Waals surface area contributed by atoms with Crippen LogP contribution in [-0.4, -0.2) is 5.54 Å². The van der Waals surface area contributed by atoms with Gasteiger partial charge in [-0.1, -0.05) is 73.5 Å². The van der Waals surface area contributed by atoms with E-state index in [1.54, 1.807) is 0 Å². The first-order valence-corrected chi connectivity index (χ1v) is 9.17. The molecule has 3 rings (SSSR count). The third-order valence-corrected chi connectivity index (χ3v) is 5.26. The molecule has 2 heteroatoms. The summed E-state index contributed by atoms with van der Waals surface area (Å²) in [5.41, 5.74) is 2.40. The van der Waals surface area contributed by atoms with E-state index in [0.29, 0.717) is 6.04 Å². The molecule has 2 nitrogen and oxygen atoms in total. The highest BCUT2D eigenvalue weighted by molar-refractivity contribution is 5.22. The van der Waals surface area contributed by atoms with Crippen molar-refractivity contribution in [3.63, 3.8) is 0 Å². The Morgan fingerprint density at radius 3 is 2.04 bits per heavy atom. The van der Waals surface area contributed by atoms with Crippen molar-refractivity contribution in [2.75, 3.05) is 0 Å². The van der Waals surface area contributed by atoms with E-state index < -0.39 is 0 Å². The molecule has 2 aromatic carbocycles. The van der Waals surface area contributed by atoms with Crippen molar-refractivity contribution in [1.29, 1.82) is 5.26 Å². The molecule has 0 aliphatic heterocycles. The van der Waals surface area contributed by atoms with Gasteiger partial charge in [0.2, 0.25) is 0 Å². The number of benzene rings is 2. The van der Waals surface area contributed by atoms with Crippen LogP contribution in [0, 0.1) is 11.3 Å². The Morgan fingerprint density at radius 2 is 1.46 bits per heavy atom. The van der Waals surface area contributed by atoms with Crippen molar-refractivity contribution >= 4 is 0 Å². The van der Waals surface area contributed by atoms with Gasteiger partial charge in [0.05, 0.1) is 0 Å². The summed E-state index contributed by atoms with van der Waals surface area (Å²) in [7, 11) is 0. The number of nitrogens with two attached hydrogens (primary N) is 1. The second kappa shape index (κ2) is 8.13. The average molecular weight is 319 g/mol. The summed E-state index contributed by atoms with van der Waals surface area (Å²) in [5.74, 6) is 0. The minimum absolute atomic E-state index is 0.258. The summed E-state index contributed by atoms with van der Waals surface area (Å²) in [6.45, 7) is 0. The fraction of sp³-hybridized carbons (Fsp3) is 0.409. The fourth-order valence-corrected chi connectivity index (χ4v) is 3.90. The zero-order valence-corrected chi connectivity index (χ0v) is 14.3. The zero-order valence-electron chi connectivity index (χ0n) is 14.3. The van der Waals surface area contributed by atoms with Gasteiger partial charge in [-0.2, -0.15) is 5.26 Å². The number of hydrogen-bond donors (Lipinski definition) is 1. The predicted molar refractivity (Wildman–Crippen MR) is 97.3 cm³/mol. The Hall–Kier alpha value is -2.11. The van der Waals surface area contributed by atoms with Gasteiger partial charge in [-0.3, -0.25) is 0 Å². The maximum atomic E-state index is 9.95. The molecule has 2 aromatic rings. The largest absolute Gasteiger partial charge is 0.323 e. The standard InChI is InChI=1S/C22H26N2/c23-18-22(15-9-1-2-10-16-22)24-21(20-13-7-4-8-14-20)17-19-11-5-3-6-12-19/h3-8,11-14,21,24H,1-2,9-10,15-17H2/p+1/t21-/m0/s1. The molecule has 0 bridgehead atoms. The van der Waals surface area contributed by atoms with Gasteiger partial charge in [0.25, 0.3) is 0 Å². The summed E-state index contributed by atoms with van der Waals surface area (Å²) >= 11 is 0. The van der Waals surface area contributed by atoms with Crippen molar-refractivity contribution in [3.05, 3.63) is 71.8 Å². The van der Waals surface area contributed by atoms with E-state index in [0.717, 1.165) is 19.3 Å². The maximum absolute atomic E-state index is 9.95. The topological polar surface area (TPSA) is 40.4 Å². The summed E-state index contributed by atoms with van der Waals surface area (Å²) in [6, 6.07) is 24.3. The van der Waals surface area contributed by atoms with Gasteiger partial charge in [-0.05, 0) is 18.4 Å². The fourth-order valence-electron chi connectivity index (χ4n) is 3.90. The van der Waals surface area contributed by atoms with Gasteiger partial charge in [0.1, 0.15) is 12.1 Å². The molecule has 24 heavy (non-hydrogen) atoms. The minimum atomic E-state index is -0.258. The highest BCUT2D eigenvalue weighted by Gasteiger charge is 2.37. The van der Waals surface area contributed by atoms with Crippen LogP contribution in [0.1, 0.15) is 55.7 Å². The van der Waals surface area contributed by atoms with Crippen molar-refractivity contribution in [2.24, 2.45) is 0 Å². The molecule has 1 aliphatic carbocycles. The molecule has 124 valence electrons. The van der Waals surface area contributed by atoms with E-state index in [2.05, 4.69) is 72.0 Å². The lowest BCUT2D eigenvalue weighted by molar-refractivity contribution is -0.752. The predicted octanol–water partition coefficient (Wildman–Crippen LogP) is 4.15.